The molecule has 2 saturated carbocycles. The highest BCUT2D eigenvalue weighted by atomic mass is 19.1. The first-order chi connectivity index (χ1) is 8.22. The molecule has 4 atom stereocenters. The molecule has 92 valence electrons. The number of fused-ring (bicyclic) bond motifs is 2. The normalized spacial score (nSPS) is 32.9. The van der Waals surface area contributed by atoms with Crippen molar-refractivity contribution in [1.82, 2.24) is 5.32 Å². The lowest BCUT2D eigenvalue weighted by Crippen LogP contribution is -2.35. The van der Waals surface area contributed by atoms with Crippen molar-refractivity contribution in [3.05, 3.63) is 35.6 Å². The van der Waals surface area contributed by atoms with Crippen molar-refractivity contribution < 1.29 is 4.39 Å². The van der Waals surface area contributed by atoms with Gasteiger partial charge in [0.25, 0.3) is 0 Å². The fraction of sp³-hybridized carbons (Fsp3) is 0.600. The Balaban J connectivity index is 1.63. The van der Waals surface area contributed by atoms with Gasteiger partial charge in [0.05, 0.1) is 0 Å². The molecular formula is C15H20FN. The number of benzene rings is 1. The fourth-order valence-corrected chi connectivity index (χ4v) is 3.62. The van der Waals surface area contributed by atoms with Crippen LogP contribution in [0.15, 0.2) is 24.3 Å². The van der Waals surface area contributed by atoms with Gasteiger partial charge in [-0.25, -0.2) is 4.39 Å². The zero-order valence-electron chi connectivity index (χ0n) is 10.3. The predicted octanol–water partition coefficient (Wildman–Crippen LogP) is 3.66. The van der Waals surface area contributed by atoms with E-state index < -0.39 is 0 Å². The summed E-state index contributed by atoms with van der Waals surface area (Å²) in [6.07, 6.45) is 5.61. The van der Waals surface area contributed by atoms with Gasteiger partial charge in [-0.1, -0.05) is 18.6 Å². The quantitative estimate of drug-likeness (QED) is 0.840. The van der Waals surface area contributed by atoms with Crippen molar-refractivity contribution in [1.29, 1.82) is 0 Å². The van der Waals surface area contributed by atoms with Crippen molar-refractivity contribution in [3.63, 3.8) is 0 Å². The van der Waals surface area contributed by atoms with Crippen LogP contribution < -0.4 is 5.32 Å². The van der Waals surface area contributed by atoms with E-state index in [1.807, 2.05) is 12.1 Å². The molecule has 0 heterocycles. The molecule has 1 nitrogen and oxygen atoms in total. The van der Waals surface area contributed by atoms with Crippen LogP contribution in [-0.4, -0.2) is 6.04 Å². The molecule has 0 aliphatic heterocycles. The number of rotatable bonds is 3. The molecular weight excluding hydrogens is 213 g/mol. The fourth-order valence-electron chi connectivity index (χ4n) is 3.62. The van der Waals surface area contributed by atoms with E-state index in [1.165, 1.54) is 31.2 Å². The molecule has 1 aromatic rings. The van der Waals surface area contributed by atoms with E-state index in [4.69, 9.17) is 0 Å². The van der Waals surface area contributed by atoms with Crippen LogP contribution in [-0.2, 0) is 0 Å². The second-order valence-corrected chi connectivity index (χ2v) is 5.72. The number of nitrogens with one attached hydrogen (secondary N) is 1. The Morgan fingerprint density at radius 2 is 1.94 bits per heavy atom. The molecule has 0 amide bonds. The highest BCUT2D eigenvalue weighted by Crippen LogP contribution is 2.45. The van der Waals surface area contributed by atoms with Gasteiger partial charge in [-0.05, 0) is 55.7 Å². The smallest absolute Gasteiger partial charge is 0.123 e. The van der Waals surface area contributed by atoms with Gasteiger partial charge in [0.2, 0.25) is 0 Å². The van der Waals surface area contributed by atoms with Gasteiger partial charge in [0.1, 0.15) is 5.82 Å². The number of hydrogen-bond acceptors (Lipinski definition) is 1. The SMILES string of the molecule is C[C@@H](NC1CC2CCC1C2)c1ccc(F)cc1. The lowest BCUT2D eigenvalue weighted by atomic mass is 9.94. The second kappa shape index (κ2) is 4.41. The maximum atomic E-state index is 12.9. The topological polar surface area (TPSA) is 12.0 Å². The maximum absolute atomic E-state index is 12.9. The summed E-state index contributed by atoms with van der Waals surface area (Å²) in [5.41, 5.74) is 1.19. The minimum Gasteiger partial charge on any atom is -0.307 e. The zero-order valence-corrected chi connectivity index (χ0v) is 10.3. The second-order valence-electron chi connectivity index (χ2n) is 5.72. The van der Waals surface area contributed by atoms with Gasteiger partial charge >= 0.3 is 0 Å². The average molecular weight is 233 g/mol. The Morgan fingerprint density at radius 1 is 1.18 bits per heavy atom. The molecule has 0 radical (unpaired) electrons. The first-order valence-corrected chi connectivity index (χ1v) is 6.74. The largest absolute Gasteiger partial charge is 0.307 e. The number of halogens is 1. The molecule has 1 N–H and O–H groups in total. The Hall–Kier alpha value is -0.890. The van der Waals surface area contributed by atoms with Crippen molar-refractivity contribution in [2.24, 2.45) is 11.8 Å². The molecule has 0 aromatic heterocycles. The third kappa shape index (κ3) is 2.23. The molecule has 2 heteroatoms. The zero-order chi connectivity index (χ0) is 11.8. The minimum atomic E-state index is -0.152. The van der Waals surface area contributed by atoms with Crippen LogP contribution in [0.4, 0.5) is 4.39 Å². The van der Waals surface area contributed by atoms with Crippen LogP contribution in [0.3, 0.4) is 0 Å². The Labute approximate surface area is 102 Å². The van der Waals surface area contributed by atoms with Crippen LogP contribution in [0, 0.1) is 17.7 Å². The molecule has 1 aromatic carbocycles. The Morgan fingerprint density at radius 3 is 2.53 bits per heavy atom. The molecule has 3 unspecified atom stereocenters. The van der Waals surface area contributed by atoms with E-state index in [0.717, 1.165) is 11.8 Å². The summed E-state index contributed by atoms with van der Waals surface area (Å²) in [6, 6.07) is 7.90. The lowest BCUT2D eigenvalue weighted by Gasteiger charge is -2.27. The van der Waals surface area contributed by atoms with Gasteiger partial charge in [0, 0.05) is 12.1 Å². The van der Waals surface area contributed by atoms with Crippen molar-refractivity contribution >= 4 is 0 Å². The summed E-state index contributed by atoms with van der Waals surface area (Å²) in [5.74, 6) is 1.71. The average Bonchev–Trinajstić information content (AvgIpc) is 2.91. The highest BCUT2D eigenvalue weighted by Gasteiger charge is 2.39. The number of hydrogen-bond donors (Lipinski definition) is 1. The summed E-state index contributed by atoms with van der Waals surface area (Å²) >= 11 is 0. The van der Waals surface area contributed by atoms with E-state index >= 15 is 0 Å². The molecule has 0 saturated heterocycles. The predicted molar refractivity (Wildman–Crippen MR) is 67.2 cm³/mol. The standard InChI is InChI=1S/C15H20FN/c1-10(12-4-6-14(16)7-5-12)17-15-9-11-2-3-13(15)8-11/h4-7,10-11,13,15,17H,2-3,8-9H2,1H3/t10-,11?,13?,15?/m1/s1. The van der Waals surface area contributed by atoms with Crippen LogP contribution in [0.1, 0.15) is 44.2 Å². The summed E-state index contributed by atoms with van der Waals surface area (Å²) < 4.78 is 12.9. The van der Waals surface area contributed by atoms with Gasteiger partial charge in [-0.15, -0.1) is 0 Å². The van der Waals surface area contributed by atoms with Gasteiger partial charge in [0.15, 0.2) is 0 Å². The summed E-state index contributed by atoms with van der Waals surface area (Å²) in [5, 5.41) is 3.72. The van der Waals surface area contributed by atoms with E-state index in [0.29, 0.717) is 12.1 Å². The van der Waals surface area contributed by atoms with Crippen molar-refractivity contribution in [2.75, 3.05) is 0 Å². The van der Waals surface area contributed by atoms with Crippen LogP contribution in [0.5, 0.6) is 0 Å². The van der Waals surface area contributed by atoms with E-state index in [-0.39, 0.29) is 5.82 Å². The van der Waals surface area contributed by atoms with E-state index in [2.05, 4.69) is 12.2 Å². The van der Waals surface area contributed by atoms with Crippen LogP contribution >= 0.6 is 0 Å². The Kier molecular flexibility index (Phi) is 2.91. The maximum Gasteiger partial charge on any atom is 0.123 e. The first kappa shape index (κ1) is 11.2. The Bertz CT molecular complexity index is 386. The lowest BCUT2D eigenvalue weighted by molar-refractivity contribution is 0.327. The third-order valence-electron chi connectivity index (χ3n) is 4.57. The van der Waals surface area contributed by atoms with E-state index in [9.17, 15) is 4.39 Å². The molecule has 0 spiro atoms. The molecule has 3 rings (SSSR count). The van der Waals surface area contributed by atoms with Crippen LogP contribution in [0.2, 0.25) is 0 Å². The monoisotopic (exact) mass is 233 g/mol. The van der Waals surface area contributed by atoms with Crippen molar-refractivity contribution in [2.45, 2.75) is 44.7 Å². The van der Waals surface area contributed by atoms with E-state index in [1.54, 1.807) is 12.1 Å². The van der Waals surface area contributed by atoms with Crippen LogP contribution in [0.25, 0.3) is 0 Å². The summed E-state index contributed by atoms with van der Waals surface area (Å²) in [6.45, 7) is 2.18. The molecule has 2 aliphatic carbocycles. The molecule has 2 fully saturated rings. The third-order valence-corrected chi connectivity index (χ3v) is 4.57. The van der Waals surface area contributed by atoms with Gasteiger partial charge in [-0.3, -0.25) is 0 Å². The molecule has 17 heavy (non-hydrogen) atoms. The van der Waals surface area contributed by atoms with Crippen molar-refractivity contribution in [3.8, 4) is 0 Å². The molecule has 2 bridgehead atoms. The first-order valence-electron chi connectivity index (χ1n) is 6.74. The summed E-state index contributed by atoms with van der Waals surface area (Å²) in [4.78, 5) is 0. The van der Waals surface area contributed by atoms with Gasteiger partial charge in [-0.2, -0.15) is 0 Å². The molecule has 2 aliphatic rings. The summed E-state index contributed by atoms with van der Waals surface area (Å²) in [7, 11) is 0. The minimum absolute atomic E-state index is 0.152. The van der Waals surface area contributed by atoms with Gasteiger partial charge < -0.3 is 5.32 Å². The highest BCUT2D eigenvalue weighted by molar-refractivity contribution is 5.19.